The maximum absolute atomic E-state index is 12.7. The molecule has 1 aromatic heterocycles. The molecule has 19 heavy (non-hydrogen) atoms. The first-order chi connectivity index (χ1) is 9.15. The Labute approximate surface area is 113 Å². The summed E-state index contributed by atoms with van der Waals surface area (Å²) in [7, 11) is 0. The molecule has 1 saturated carbocycles. The molecule has 4 nitrogen and oxygen atoms in total. The minimum absolute atomic E-state index is 0.0290. The zero-order chi connectivity index (χ0) is 13.7. The number of aliphatic hydroxyl groups excluding tert-OH is 1. The van der Waals surface area contributed by atoms with Crippen molar-refractivity contribution in [1.82, 2.24) is 10.3 Å². The van der Waals surface area contributed by atoms with Crippen molar-refractivity contribution >= 4 is 0 Å². The number of halogens is 1. The number of rotatable bonds is 8. The van der Waals surface area contributed by atoms with Crippen LogP contribution in [0.15, 0.2) is 18.3 Å². The van der Waals surface area contributed by atoms with Gasteiger partial charge in [-0.1, -0.05) is 0 Å². The van der Waals surface area contributed by atoms with Gasteiger partial charge in [0.1, 0.15) is 5.82 Å². The SMILES string of the molecule is CC(NCC(O)COCC1CC1)c1ccc(F)cn1. The average molecular weight is 268 g/mol. The van der Waals surface area contributed by atoms with Crippen LogP contribution in [0.3, 0.4) is 0 Å². The molecular formula is C14H21FN2O2. The van der Waals surface area contributed by atoms with Crippen molar-refractivity contribution in [2.75, 3.05) is 19.8 Å². The minimum Gasteiger partial charge on any atom is -0.389 e. The zero-order valence-electron chi connectivity index (χ0n) is 11.2. The average Bonchev–Trinajstić information content (AvgIpc) is 3.21. The molecule has 2 unspecified atom stereocenters. The fraction of sp³-hybridized carbons (Fsp3) is 0.643. The number of hydrogen-bond acceptors (Lipinski definition) is 4. The summed E-state index contributed by atoms with van der Waals surface area (Å²) < 4.78 is 18.2. The predicted molar refractivity (Wildman–Crippen MR) is 70.2 cm³/mol. The quantitative estimate of drug-likeness (QED) is 0.753. The van der Waals surface area contributed by atoms with E-state index in [4.69, 9.17) is 4.74 Å². The van der Waals surface area contributed by atoms with Gasteiger partial charge in [0, 0.05) is 19.2 Å². The van der Waals surface area contributed by atoms with Crippen LogP contribution in [0.5, 0.6) is 0 Å². The normalized spacial score (nSPS) is 18.3. The molecule has 0 amide bonds. The zero-order valence-corrected chi connectivity index (χ0v) is 11.2. The first kappa shape index (κ1) is 14.4. The number of nitrogens with one attached hydrogen (secondary N) is 1. The molecule has 0 aliphatic heterocycles. The highest BCUT2D eigenvalue weighted by Gasteiger charge is 2.21. The summed E-state index contributed by atoms with van der Waals surface area (Å²) in [6, 6.07) is 3.00. The second-order valence-electron chi connectivity index (χ2n) is 5.17. The summed E-state index contributed by atoms with van der Waals surface area (Å²) in [6.07, 6.45) is 3.17. The Balaban J connectivity index is 1.64. The smallest absolute Gasteiger partial charge is 0.141 e. The highest BCUT2D eigenvalue weighted by molar-refractivity contribution is 5.08. The highest BCUT2D eigenvalue weighted by atomic mass is 19.1. The van der Waals surface area contributed by atoms with E-state index < -0.39 is 6.10 Å². The topological polar surface area (TPSA) is 54.4 Å². The molecule has 0 aromatic carbocycles. The summed E-state index contributed by atoms with van der Waals surface area (Å²) >= 11 is 0. The Bertz CT molecular complexity index is 382. The molecule has 2 rings (SSSR count). The van der Waals surface area contributed by atoms with E-state index in [0.717, 1.165) is 12.3 Å². The lowest BCUT2D eigenvalue weighted by molar-refractivity contribution is 0.0314. The molecule has 0 radical (unpaired) electrons. The Hall–Kier alpha value is -1.04. The molecule has 0 spiro atoms. The van der Waals surface area contributed by atoms with Crippen LogP contribution in [0.25, 0.3) is 0 Å². The van der Waals surface area contributed by atoms with Gasteiger partial charge in [-0.15, -0.1) is 0 Å². The van der Waals surface area contributed by atoms with E-state index in [-0.39, 0.29) is 11.9 Å². The highest BCUT2D eigenvalue weighted by Crippen LogP contribution is 2.28. The predicted octanol–water partition coefficient (Wildman–Crippen LogP) is 1.66. The van der Waals surface area contributed by atoms with E-state index in [1.54, 1.807) is 6.07 Å². The van der Waals surface area contributed by atoms with Gasteiger partial charge >= 0.3 is 0 Å². The maximum atomic E-state index is 12.7. The van der Waals surface area contributed by atoms with Crippen molar-refractivity contribution < 1.29 is 14.2 Å². The second kappa shape index (κ2) is 6.93. The Morgan fingerprint density at radius 3 is 2.95 bits per heavy atom. The molecule has 2 atom stereocenters. The molecule has 1 heterocycles. The van der Waals surface area contributed by atoms with Crippen molar-refractivity contribution in [2.24, 2.45) is 5.92 Å². The third-order valence-corrected chi connectivity index (χ3v) is 3.21. The summed E-state index contributed by atoms with van der Waals surface area (Å²) in [4.78, 5) is 4.00. The summed E-state index contributed by atoms with van der Waals surface area (Å²) in [6.45, 7) is 3.47. The number of nitrogens with zero attached hydrogens (tertiary/aromatic N) is 1. The van der Waals surface area contributed by atoms with Crippen LogP contribution in [0, 0.1) is 11.7 Å². The summed E-state index contributed by atoms with van der Waals surface area (Å²) in [5.41, 5.74) is 0.757. The van der Waals surface area contributed by atoms with Gasteiger partial charge in [-0.3, -0.25) is 4.98 Å². The molecule has 1 aromatic rings. The monoisotopic (exact) mass is 268 g/mol. The molecule has 2 N–H and O–H groups in total. The van der Waals surface area contributed by atoms with Crippen LogP contribution in [-0.2, 0) is 4.74 Å². The summed E-state index contributed by atoms with van der Waals surface area (Å²) in [5.74, 6) is 0.368. The van der Waals surface area contributed by atoms with Crippen LogP contribution < -0.4 is 5.32 Å². The number of ether oxygens (including phenoxy) is 1. The first-order valence-electron chi connectivity index (χ1n) is 6.76. The van der Waals surface area contributed by atoms with E-state index in [1.807, 2.05) is 6.92 Å². The van der Waals surface area contributed by atoms with Crippen molar-refractivity contribution in [2.45, 2.75) is 31.9 Å². The van der Waals surface area contributed by atoms with Gasteiger partial charge in [-0.05, 0) is 37.8 Å². The number of pyridine rings is 1. The molecule has 5 heteroatoms. The molecule has 0 saturated heterocycles. The first-order valence-corrected chi connectivity index (χ1v) is 6.76. The minimum atomic E-state index is -0.526. The maximum Gasteiger partial charge on any atom is 0.141 e. The lowest BCUT2D eigenvalue weighted by Gasteiger charge is -2.17. The lowest BCUT2D eigenvalue weighted by atomic mass is 10.2. The molecule has 0 bridgehead atoms. The van der Waals surface area contributed by atoms with Crippen LogP contribution in [0.2, 0.25) is 0 Å². The van der Waals surface area contributed by atoms with Gasteiger partial charge in [0.2, 0.25) is 0 Å². The van der Waals surface area contributed by atoms with Crippen LogP contribution in [0.4, 0.5) is 4.39 Å². The van der Waals surface area contributed by atoms with Crippen LogP contribution in [-0.4, -0.2) is 36.0 Å². The Morgan fingerprint density at radius 2 is 2.32 bits per heavy atom. The van der Waals surface area contributed by atoms with Gasteiger partial charge < -0.3 is 15.2 Å². The standard InChI is InChI=1S/C14H21FN2O2/c1-10(14-5-4-12(15)6-17-14)16-7-13(18)9-19-8-11-2-3-11/h4-6,10-11,13,16,18H,2-3,7-9H2,1H3. The van der Waals surface area contributed by atoms with Gasteiger partial charge in [0.25, 0.3) is 0 Å². The van der Waals surface area contributed by atoms with E-state index in [2.05, 4.69) is 10.3 Å². The third kappa shape index (κ3) is 5.22. The molecule has 106 valence electrons. The number of aliphatic hydroxyl groups is 1. The van der Waals surface area contributed by atoms with Gasteiger partial charge in [-0.2, -0.15) is 0 Å². The fourth-order valence-corrected chi connectivity index (χ4v) is 1.77. The summed E-state index contributed by atoms with van der Waals surface area (Å²) in [5, 5.41) is 12.9. The lowest BCUT2D eigenvalue weighted by Crippen LogP contribution is -2.32. The van der Waals surface area contributed by atoms with Crippen molar-refractivity contribution in [3.63, 3.8) is 0 Å². The number of hydrogen-bond donors (Lipinski definition) is 2. The largest absolute Gasteiger partial charge is 0.389 e. The van der Waals surface area contributed by atoms with Crippen LogP contribution >= 0.6 is 0 Å². The molecular weight excluding hydrogens is 247 g/mol. The fourth-order valence-electron chi connectivity index (χ4n) is 1.77. The van der Waals surface area contributed by atoms with Crippen LogP contribution in [0.1, 0.15) is 31.5 Å². The Morgan fingerprint density at radius 1 is 1.53 bits per heavy atom. The van der Waals surface area contributed by atoms with Crippen molar-refractivity contribution in [3.8, 4) is 0 Å². The van der Waals surface area contributed by atoms with E-state index in [1.165, 1.54) is 25.1 Å². The molecule has 1 fully saturated rings. The second-order valence-corrected chi connectivity index (χ2v) is 5.17. The number of aromatic nitrogens is 1. The van der Waals surface area contributed by atoms with Crippen molar-refractivity contribution in [1.29, 1.82) is 0 Å². The van der Waals surface area contributed by atoms with Gasteiger partial charge in [0.15, 0.2) is 0 Å². The van der Waals surface area contributed by atoms with E-state index in [9.17, 15) is 9.50 Å². The Kier molecular flexibility index (Phi) is 5.24. The van der Waals surface area contributed by atoms with Gasteiger partial charge in [-0.25, -0.2) is 4.39 Å². The van der Waals surface area contributed by atoms with E-state index in [0.29, 0.717) is 19.1 Å². The van der Waals surface area contributed by atoms with E-state index >= 15 is 0 Å². The van der Waals surface area contributed by atoms with Crippen molar-refractivity contribution in [3.05, 3.63) is 29.8 Å². The molecule has 1 aliphatic rings. The van der Waals surface area contributed by atoms with Gasteiger partial charge in [0.05, 0.1) is 24.6 Å². The third-order valence-electron chi connectivity index (χ3n) is 3.21. The molecule has 1 aliphatic carbocycles.